The Labute approximate surface area is 89.1 Å². The highest BCUT2D eigenvalue weighted by Crippen LogP contribution is 2.38. The Hall–Kier alpha value is -1.79. The molecule has 76 valence electrons. The Kier molecular flexibility index (Phi) is 2.44. The van der Waals surface area contributed by atoms with Crippen LogP contribution in [0.1, 0.15) is 11.6 Å². The largest absolute Gasteiger partial charge is 0.409 e. The van der Waals surface area contributed by atoms with Crippen molar-refractivity contribution in [1.82, 2.24) is 5.06 Å². The number of hydrogen-bond acceptors (Lipinski definition) is 3. The first-order valence-corrected chi connectivity index (χ1v) is 4.78. The first kappa shape index (κ1) is 9.75. The topological polar surface area (TPSA) is 36.3 Å². The van der Waals surface area contributed by atoms with E-state index >= 15 is 0 Å². The minimum Gasteiger partial charge on any atom is -0.409 e. The van der Waals surface area contributed by atoms with Gasteiger partial charge in [-0.3, -0.25) is 0 Å². The van der Waals surface area contributed by atoms with Crippen LogP contribution in [0, 0.1) is 17.2 Å². The van der Waals surface area contributed by atoms with Gasteiger partial charge in [-0.2, -0.15) is 5.26 Å². The maximum absolute atomic E-state index is 9.07. The SMILES string of the molecule is C=C1ON(C)[C@@H](c2ccccc2)[C@H]1C#N. The average Bonchev–Trinajstić information content (AvgIpc) is 2.54. The summed E-state index contributed by atoms with van der Waals surface area (Å²) < 4.78 is 0. The van der Waals surface area contributed by atoms with Gasteiger partial charge in [-0.1, -0.05) is 36.9 Å². The highest BCUT2D eigenvalue weighted by Gasteiger charge is 2.38. The molecule has 0 N–H and O–H groups in total. The van der Waals surface area contributed by atoms with Crippen LogP contribution in [0.4, 0.5) is 0 Å². The molecule has 0 unspecified atom stereocenters. The summed E-state index contributed by atoms with van der Waals surface area (Å²) in [5.41, 5.74) is 1.07. The molecule has 3 heteroatoms. The molecule has 0 spiro atoms. The molecule has 15 heavy (non-hydrogen) atoms. The van der Waals surface area contributed by atoms with E-state index in [0.29, 0.717) is 5.76 Å². The third kappa shape index (κ3) is 1.60. The maximum Gasteiger partial charge on any atom is 0.136 e. The minimum atomic E-state index is -0.294. The second-order valence-electron chi connectivity index (χ2n) is 3.57. The molecule has 0 aromatic heterocycles. The summed E-state index contributed by atoms with van der Waals surface area (Å²) in [5.74, 6) is 0.228. The van der Waals surface area contributed by atoms with E-state index in [4.69, 9.17) is 10.1 Å². The van der Waals surface area contributed by atoms with Crippen molar-refractivity contribution in [3.05, 3.63) is 48.2 Å². The fourth-order valence-electron chi connectivity index (χ4n) is 1.88. The van der Waals surface area contributed by atoms with Crippen molar-refractivity contribution in [2.75, 3.05) is 7.05 Å². The smallest absolute Gasteiger partial charge is 0.136 e. The monoisotopic (exact) mass is 200 g/mol. The number of hydrogen-bond donors (Lipinski definition) is 0. The molecule has 1 aromatic carbocycles. The second kappa shape index (κ2) is 3.76. The van der Waals surface area contributed by atoms with Crippen molar-refractivity contribution < 1.29 is 4.84 Å². The summed E-state index contributed by atoms with van der Waals surface area (Å²) in [6, 6.07) is 12.0. The second-order valence-corrected chi connectivity index (χ2v) is 3.57. The molecule has 1 aliphatic heterocycles. The lowest BCUT2D eigenvalue weighted by atomic mass is 9.94. The predicted molar refractivity (Wildman–Crippen MR) is 56.3 cm³/mol. The summed E-state index contributed by atoms with van der Waals surface area (Å²) in [5, 5.41) is 10.8. The zero-order chi connectivity index (χ0) is 10.8. The van der Waals surface area contributed by atoms with Crippen LogP contribution in [0.2, 0.25) is 0 Å². The summed E-state index contributed by atoms with van der Waals surface area (Å²) in [6.07, 6.45) is 0. The molecule has 0 amide bonds. The van der Waals surface area contributed by atoms with Gasteiger partial charge in [0.15, 0.2) is 0 Å². The Morgan fingerprint density at radius 3 is 2.67 bits per heavy atom. The fraction of sp³-hybridized carbons (Fsp3) is 0.250. The van der Waals surface area contributed by atoms with Gasteiger partial charge >= 0.3 is 0 Å². The summed E-state index contributed by atoms with van der Waals surface area (Å²) in [4.78, 5) is 5.35. The fourth-order valence-corrected chi connectivity index (χ4v) is 1.88. The maximum atomic E-state index is 9.07. The normalized spacial score (nSPS) is 26.0. The third-order valence-corrected chi connectivity index (χ3v) is 2.60. The van der Waals surface area contributed by atoms with Crippen LogP contribution in [0.5, 0.6) is 0 Å². The predicted octanol–water partition coefficient (Wildman–Crippen LogP) is 2.26. The van der Waals surface area contributed by atoms with Crippen LogP contribution in [-0.4, -0.2) is 12.1 Å². The first-order valence-electron chi connectivity index (χ1n) is 4.78. The van der Waals surface area contributed by atoms with E-state index in [0.717, 1.165) is 5.56 Å². The van der Waals surface area contributed by atoms with E-state index in [1.807, 2.05) is 37.4 Å². The van der Waals surface area contributed by atoms with Gasteiger partial charge in [0.05, 0.1) is 12.1 Å². The molecular weight excluding hydrogens is 188 g/mol. The van der Waals surface area contributed by atoms with Crippen molar-refractivity contribution in [3.63, 3.8) is 0 Å². The van der Waals surface area contributed by atoms with Crippen LogP contribution < -0.4 is 0 Å². The lowest BCUT2D eigenvalue weighted by Crippen LogP contribution is -2.19. The van der Waals surface area contributed by atoms with Crippen molar-refractivity contribution >= 4 is 0 Å². The molecular formula is C12H12N2O. The Morgan fingerprint density at radius 1 is 1.40 bits per heavy atom. The standard InChI is InChI=1S/C12H12N2O/c1-9-11(8-13)12(14(2)15-9)10-6-4-3-5-7-10/h3-7,11-12H,1H2,2H3/t11-,12-/m0/s1. The average molecular weight is 200 g/mol. The van der Waals surface area contributed by atoms with Crippen LogP contribution >= 0.6 is 0 Å². The molecule has 0 radical (unpaired) electrons. The molecule has 1 saturated heterocycles. The van der Waals surface area contributed by atoms with Crippen molar-refractivity contribution in [1.29, 1.82) is 5.26 Å². The van der Waals surface area contributed by atoms with Gasteiger partial charge in [0, 0.05) is 7.05 Å². The zero-order valence-corrected chi connectivity index (χ0v) is 8.55. The van der Waals surface area contributed by atoms with Gasteiger partial charge in [0.25, 0.3) is 0 Å². The summed E-state index contributed by atoms with van der Waals surface area (Å²) in [7, 11) is 1.82. The first-order chi connectivity index (χ1) is 7.24. The molecule has 1 fully saturated rings. The van der Waals surface area contributed by atoms with E-state index < -0.39 is 0 Å². The van der Waals surface area contributed by atoms with Crippen molar-refractivity contribution in [2.24, 2.45) is 5.92 Å². The van der Waals surface area contributed by atoms with Crippen molar-refractivity contribution in [2.45, 2.75) is 6.04 Å². The van der Waals surface area contributed by atoms with Gasteiger partial charge in [-0.15, -0.1) is 5.06 Å². The molecule has 2 atom stereocenters. The molecule has 1 aliphatic rings. The number of rotatable bonds is 1. The van der Waals surface area contributed by atoms with Crippen LogP contribution in [0.15, 0.2) is 42.7 Å². The quantitative estimate of drug-likeness (QED) is 0.697. The molecule has 0 bridgehead atoms. The van der Waals surface area contributed by atoms with E-state index in [1.54, 1.807) is 5.06 Å². The number of hydroxylamine groups is 2. The molecule has 1 heterocycles. The minimum absolute atomic E-state index is 0.0521. The van der Waals surface area contributed by atoms with Crippen molar-refractivity contribution in [3.8, 4) is 6.07 Å². The van der Waals surface area contributed by atoms with E-state index in [1.165, 1.54) is 0 Å². The van der Waals surface area contributed by atoms with Gasteiger partial charge in [-0.05, 0) is 5.56 Å². The Balaban J connectivity index is 2.36. The van der Waals surface area contributed by atoms with Gasteiger partial charge < -0.3 is 4.84 Å². The molecule has 1 aromatic rings. The van der Waals surface area contributed by atoms with Crippen LogP contribution in [0.3, 0.4) is 0 Å². The van der Waals surface area contributed by atoms with E-state index in [-0.39, 0.29) is 12.0 Å². The number of nitrogens with zero attached hydrogens (tertiary/aromatic N) is 2. The number of benzene rings is 1. The van der Waals surface area contributed by atoms with Gasteiger partial charge in [0.1, 0.15) is 11.7 Å². The zero-order valence-electron chi connectivity index (χ0n) is 8.55. The van der Waals surface area contributed by atoms with E-state index in [9.17, 15) is 0 Å². The van der Waals surface area contributed by atoms with Gasteiger partial charge in [-0.25, -0.2) is 0 Å². The van der Waals surface area contributed by atoms with E-state index in [2.05, 4.69) is 12.6 Å². The Bertz CT molecular complexity index is 407. The molecule has 0 aliphatic carbocycles. The molecule has 2 rings (SSSR count). The van der Waals surface area contributed by atoms with Crippen LogP contribution in [0.25, 0.3) is 0 Å². The lowest BCUT2D eigenvalue weighted by molar-refractivity contribution is -0.0823. The van der Waals surface area contributed by atoms with Crippen LogP contribution in [-0.2, 0) is 4.84 Å². The Morgan fingerprint density at radius 2 is 2.07 bits per heavy atom. The summed E-state index contributed by atoms with van der Waals surface area (Å²) in [6.45, 7) is 3.75. The lowest BCUT2D eigenvalue weighted by Gasteiger charge is -2.18. The molecule has 3 nitrogen and oxygen atoms in total. The summed E-state index contributed by atoms with van der Waals surface area (Å²) >= 11 is 0. The molecule has 0 saturated carbocycles. The number of nitriles is 1. The highest BCUT2D eigenvalue weighted by atomic mass is 16.7. The van der Waals surface area contributed by atoms with Gasteiger partial charge in [0.2, 0.25) is 0 Å². The third-order valence-electron chi connectivity index (χ3n) is 2.60. The highest BCUT2D eigenvalue weighted by molar-refractivity contribution is 5.26.